The lowest BCUT2D eigenvalue weighted by Crippen LogP contribution is -2.29. The molecule has 1 aliphatic heterocycles. The van der Waals surface area contributed by atoms with Gasteiger partial charge in [-0.2, -0.15) is 5.10 Å². The van der Waals surface area contributed by atoms with Crippen molar-refractivity contribution in [2.24, 2.45) is 7.05 Å². The standard InChI is InChI=1S/C22H27N3O4/c1-7-25-19(15-9-8-10-16(11-15)29-12(2)3)18(21(27)22(25)28)20(26)17-13(4)23-24(6)14(17)5/h8-12,19,26H,7H2,1-6H3/b20-18+. The van der Waals surface area contributed by atoms with Crippen LogP contribution in [0.4, 0.5) is 0 Å². The maximum Gasteiger partial charge on any atom is 0.295 e. The number of likely N-dealkylation sites (N-methyl/N-ethyl adjacent to an activating group) is 1. The Labute approximate surface area is 170 Å². The van der Waals surface area contributed by atoms with Gasteiger partial charge in [0.05, 0.1) is 29.0 Å². The number of ketones is 1. The van der Waals surface area contributed by atoms with Crippen molar-refractivity contribution in [2.45, 2.75) is 46.8 Å². The van der Waals surface area contributed by atoms with Gasteiger partial charge in [-0.15, -0.1) is 0 Å². The van der Waals surface area contributed by atoms with E-state index >= 15 is 0 Å². The first-order valence-electron chi connectivity index (χ1n) is 9.72. The van der Waals surface area contributed by atoms with Crippen molar-refractivity contribution in [2.75, 3.05) is 6.54 Å². The van der Waals surface area contributed by atoms with E-state index in [1.807, 2.05) is 52.0 Å². The quantitative estimate of drug-likeness (QED) is 0.476. The molecule has 7 heteroatoms. The number of carbonyl (C=O) groups is 2. The molecule has 1 aliphatic rings. The van der Waals surface area contributed by atoms with Crippen LogP contribution in [0.1, 0.15) is 49.3 Å². The molecule has 0 radical (unpaired) electrons. The van der Waals surface area contributed by atoms with E-state index in [4.69, 9.17) is 4.74 Å². The summed E-state index contributed by atoms with van der Waals surface area (Å²) in [4.78, 5) is 27.1. The Morgan fingerprint density at radius 3 is 2.52 bits per heavy atom. The number of aliphatic hydroxyl groups is 1. The molecular formula is C22H27N3O4. The predicted molar refractivity (Wildman–Crippen MR) is 110 cm³/mol. The van der Waals surface area contributed by atoms with E-state index < -0.39 is 17.7 Å². The molecule has 154 valence electrons. The molecule has 1 aromatic heterocycles. The van der Waals surface area contributed by atoms with Gasteiger partial charge in [0.2, 0.25) is 0 Å². The SMILES string of the molecule is CCN1C(=O)C(=O)/C(=C(/O)c2c(C)nn(C)c2C)C1c1cccc(OC(C)C)c1. The van der Waals surface area contributed by atoms with Crippen LogP contribution in [0.3, 0.4) is 0 Å². The fraction of sp³-hybridized carbons (Fsp3) is 0.409. The summed E-state index contributed by atoms with van der Waals surface area (Å²) in [5.74, 6) is -0.851. The topological polar surface area (TPSA) is 84.7 Å². The molecule has 29 heavy (non-hydrogen) atoms. The van der Waals surface area contributed by atoms with Crippen LogP contribution < -0.4 is 4.74 Å². The number of ether oxygens (including phenoxy) is 1. The summed E-state index contributed by atoms with van der Waals surface area (Å²) in [6.07, 6.45) is -0.0107. The number of nitrogens with zero attached hydrogens (tertiary/aromatic N) is 3. The highest BCUT2D eigenvalue weighted by atomic mass is 16.5. The maximum atomic E-state index is 12.9. The van der Waals surface area contributed by atoms with Crippen LogP contribution in [0.2, 0.25) is 0 Å². The second kappa shape index (κ2) is 7.73. The summed E-state index contributed by atoms with van der Waals surface area (Å²) in [6.45, 7) is 9.60. The summed E-state index contributed by atoms with van der Waals surface area (Å²) < 4.78 is 7.42. The van der Waals surface area contributed by atoms with Crippen LogP contribution in [0.5, 0.6) is 5.75 Å². The molecule has 0 saturated carbocycles. The van der Waals surface area contributed by atoms with Crippen LogP contribution in [-0.4, -0.2) is 44.1 Å². The second-order valence-corrected chi connectivity index (χ2v) is 7.49. The smallest absolute Gasteiger partial charge is 0.295 e. The molecule has 1 amide bonds. The van der Waals surface area contributed by atoms with Crippen molar-refractivity contribution in [3.63, 3.8) is 0 Å². The van der Waals surface area contributed by atoms with Gasteiger partial charge in [0.1, 0.15) is 11.5 Å². The third-order valence-corrected chi connectivity index (χ3v) is 5.17. The van der Waals surface area contributed by atoms with Gasteiger partial charge in [-0.05, 0) is 52.3 Å². The molecule has 0 bridgehead atoms. The summed E-state index contributed by atoms with van der Waals surface area (Å²) >= 11 is 0. The molecule has 1 N–H and O–H groups in total. The number of hydrogen-bond donors (Lipinski definition) is 1. The molecule has 7 nitrogen and oxygen atoms in total. The second-order valence-electron chi connectivity index (χ2n) is 7.49. The molecular weight excluding hydrogens is 370 g/mol. The third-order valence-electron chi connectivity index (χ3n) is 5.17. The van der Waals surface area contributed by atoms with E-state index in [9.17, 15) is 14.7 Å². The highest BCUT2D eigenvalue weighted by molar-refractivity contribution is 6.46. The molecule has 1 unspecified atom stereocenters. The number of hydrogen-bond acceptors (Lipinski definition) is 5. The summed E-state index contributed by atoms with van der Waals surface area (Å²) in [7, 11) is 1.77. The molecule has 0 spiro atoms. The fourth-order valence-corrected chi connectivity index (χ4v) is 3.83. The van der Waals surface area contributed by atoms with Crippen LogP contribution in [0, 0.1) is 13.8 Å². The van der Waals surface area contributed by atoms with E-state index in [-0.39, 0.29) is 17.4 Å². The van der Waals surface area contributed by atoms with Gasteiger partial charge in [0, 0.05) is 19.3 Å². The lowest BCUT2D eigenvalue weighted by Gasteiger charge is -2.24. The normalized spacial score (nSPS) is 18.7. The largest absolute Gasteiger partial charge is 0.507 e. The fourth-order valence-electron chi connectivity index (χ4n) is 3.83. The van der Waals surface area contributed by atoms with Gasteiger partial charge in [0.25, 0.3) is 11.7 Å². The van der Waals surface area contributed by atoms with Gasteiger partial charge >= 0.3 is 0 Å². The summed E-state index contributed by atoms with van der Waals surface area (Å²) in [5, 5.41) is 15.5. The van der Waals surface area contributed by atoms with Gasteiger partial charge in [-0.1, -0.05) is 12.1 Å². The number of likely N-dealkylation sites (tertiary alicyclic amines) is 1. The molecule has 2 heterocycles. The van der Waals surface area contributed by atoms with Gasteiger partial charge < -0.3 is 14.7 Å². The number of rotatable bonds is 5. The van der Waals surface area contributed by atoms with E-state index in [1.165, 1.54) is 4.90 Å². The molecule has 1 fully saturated rings. The number of Topliss-reactive ketones (excluding diaryl/α,β-unsaturated/α-hetero) is 1. The molecule has 0 aliphatic carbocycles. The van der Waals surface area contributed by atoms with Gasteiger partial charge in [-0.25, -0.2) is 0 Å². The Morgan fingerprint density at radius 2 is 1.97 bits per heavy atom. The zero-order valence-electron chi connectivity index (χ0n) is 17.7. The number of aromatic nitrogens is 2. The van der Waals surface area contributed by atoms with E-state index in [1.54, 1.807) is 18.7 Å². The molecule has 3 rings (SSSR count). The lowest BCUT2D eigenvalue weighted by atomic mass is 9.94. The minimum absolute atomic E-state index is 0.0107. The third kappa shape index (κ3) is 3.52. The van der Waals surface area contributed by atoms with Crippen LogP contribution in [0.15, 0.2) is 29.8 Å². The van der Waals surface area contributed by atoms with Gasteiger partial charge in [-0.3, -0.25) is 14.3 Å². The summed E-state index contributed by atoms with van der Waals surface area (Å²) in [5.41, 5.74) is 2.60. The number of amides is 1. The number of carbonyl (C=O) groups excluding carboxylic acids is 2. The highest BCUT2D eigenvalue weighted by Crippen LogP contribution is 2.40. The Hall–Kier alpha value is -3.09. The number of aliphatic hydroxyl groups excluding tert-OH is 1. The number of benzene rings is 1. The lowest BCUT2D eigenvalue weighted by molar-refractivity contribution is -0.139. The van der Waals surface area contributed by atoms with Crippen molar-refractivity contribution in [1.82, 2.24) is 14.7 Å². The van der Waals surface area contributed by atoms with Crippen molar-refractivity contribution in [3.8, 4) is 5.75 Å². The molecule has 1 saturated heterocycles. The van der Waals surface area contributed by atoms with Crippen molar-refractivity contribution >= 4 is 17.4 Å². The zero-order chi connectivity index (χ0) is 21.5. The molecule has 1 atom stereocenters. The van der Waals surface area contributed by atoms with Crippen LogP contribution in [-0.2, 0) is 16.6 Å². The van der Waals surface area contributed by atoms with Crippen molar-refractivity contribution in [3.05, 3.63) is 52.4 Å². The Kier molecular flexibility index (Phi) is 5.50. The monoisotopic (exact) mass is 397 g/mol. The van der Waals surface area contributed by atoms with E-state index in [0.29, 0.717) is 29.1 Å². The Balaban J connectivity index is 2.21. The van der Waals surface area contributed by atoms with E-state index in [2.05, 4.69) is 5.10 Å². The summed E-state index contributed by atoms with van der Waals surface area (Å²) in [6, 6.07) is 6.62. The minimum atomic E-state index is -0.688. The maximum absolute atomic E-state index is 12.9. The Morgan fingerprint density at radius 1 is 1.28 bits per heavy atom. The average Bonchev–Trinajstić information content (AvgIpc) is 3.06. The minimum Gasteiger partial charge on any atom is -0.507 e. The zero-order valence-corrected chi connectivity index (χ0v) is 17.7. The first-order valence-corrected chi connectivity index (χ1v) is 9.72. The van der Waals surface area contributed by atoms with Gasteiger partial charge in [0.15, 0.2) is 0 Å². The Bertz CT molecular complexity index is 1000. The van der Waals surface area contributed by atoms with E-state index in [0.717, 1.165) is 5.69 Å². The first kappa shape index (κ1) is 20.6. The molecule has 2 aromatic rings. The average molecular weight is 397 g/mol. The van der Waals surface area contributed by atoms with Crippen molar-refractivity contribution < 1.29 is 19.4 Å². The van der Waals surface area contributed by atoms with Crippen LogP contribution in [0.25, 0.3) is 5.76 Å². The first-order chi connectivity index (χ1) is 13.7. The highest BCUT2D eigenvalue weighted by Gasteiger charge is 2.46. The van der Waals surface area contributed by atoms with Crippen LogP contribution >= 0.6 is 0 Å². The number of aryl methyl sites for hydroxylation is 2. The predicted octanol–water partition coefficient (Wildman–Crippen LogP) is 3.27. The molecule has 1 aromatic carbocycles. The van der Waals surface area contributed by atoms with Crippen molar-refractivity contribution in [1.29, 1.82) is 0 Å².